The van der Waals surface area contributed by atoms with Crippen LogP contribution >= 0.6 is 35.0 Å². The van der Waals surface area contributed by atoms with Crippen molar-refractivity contribution in [2.24, 2.45) is 5.92 Å². The van der Waals surface area contributed by atoms with Crippen LogP contribution < -0.4 is 21.3 Å². The van der Waals surface area contributed by atoms with Crippen LogP contribution in [-0.2, 0) is 11.8 Å². The molecular formula is C47H44BCl2NS. The molecule has 0 bridgehead atoms. The van der Waals surface area contributed by atoms with Crippen molar-refractivity contribution in [3.63, 3.8) is 0 Å². The predicted octanol–water partition coefficient (Wildman–Crippen LogP) is 12.8. The van der Waals surface area contributed by atoms with E-state index < -0.39 is 0 Å². The third kappa shape index (κ3) is 6.62. The summed E-state index contributed by atoms with van der Waals surface area (Å²) in [5, 5.41) is 1.50. The van der Waals surface area contributed by atoms with E-state index in [0.29, 0.717) is 5.92 Å². The Morgan fingerprint density at radius 2 is 1.27 bits per heavy atom. The largest absolute Gasteiger partial charge is 0.310 e. The lowest BCUT2D eigenvalue weighted by Crippen LogP contribution is -2.59. The zero-order valence-electron chi connectivity index (χ0n) is 30.6. The Hall–Kier alpha value is -3.89. The van der Waals surface area contributed by atoms with Crippen molar-refractivity contribution in [3.8, 4) is 22.3 Å². The van der Waals surface area contributed by atoms with E-state index in [1.54, 1.807) is 0 Å². The van der Waals surface area contributed by atoms with Gasteiger partial charge >= 0.3 is 0 Å². The lowest BCUT2D eigenvalue weighted by Gasteiger charge is -2.42. The summed E-state index contributed by atoms with van der Waals surface area (Å²) in [4.78, 5) is 5.11. The minimum atomic E-state index is -0.0590. The summed E-state index contributed by atoms with van der Waals surface area (Å²) < 4.78 is 0. The molecule has 52 heavy (non-hydrogen) atoms. The molecule has 6 aromatic rings. The van der Waals surface area contributed by atoms with Gasteiger partial charge in [0.15, 0.2) is 0 Å². The van der Waals surface area contributed by atoms with Gasteiger partial charge in [0.25, 0.3) is 0 Å². The number of hydrogen-bond donors (Lipinski definition) is 0. The minimum absolute atomic E-state index is 0.0590. The fourth-order valence-electron chi connectivity index (χ4n) is 7.99. The highest BCUT2D eigenvalue weighted by molar-refractivity contribution is 8.00. The molecule has 0 N–H and O–H groups in total. The van der Waals surface area contributed by atoms with Crippen molar-refractivity contribution in [1.82, 2.24) is 0 Å². The van der Waals surface area contributed by atoms with E-state index in [2.05, 4.69) is 155 Å². The average Bonchev–Trinajstić information content (AvgIpc) is 3.13. The van der Waals surface area contributed by atoms with Crippen molar-refractivity contribution in [2.75, 3.05) is 4.90 Å². The lowest BCUT2D eigenvalue weighted by atomic mass is 9.35. The van der Waals surface area contributed by atoms with Crippen molar-refractivity contribution >= 4 is 75.1 Å². The van der Waals surface area contributed by atoms with Gasteiger partial charge in [-0.05, 0) is 106 Å². The number of anilines is 3. The van der Waals surface area contributed by atoms with Crippen LogP contribution in [0.4, 0.5) is 17.1 Å². The van der Waals surface area contributed by atoms with Crippen LogP contribution in [0.2, 0.25) is 10.0 Å². The molecule has 0 unspecified atom stereocenters. The van der Waals surface area contributed by atoms with Crippen LogP contribution in [0.3, 0.4) is 0 Å². The maximum atomic E-state index is 7.01. The van der Waals surface area contributed by atoms with E-state index in [1.807, 2.05) is 17.8 Å². The van der Waals surface area contributed by atoms with E-state index in [1.165, 1.54) is 90.2 Å². The number of hydrogen-bond acceptors (Lipinski definition) is 2. The van der Waals surface area contributed by atoms with Crippen LogP contribution in [0.25, 0.3) is 22.3 Å². The first-order valence-corrected chi connectivity index (χ1v) is 20.2. The minimum Gasteiger partial charge on any atom is -0.310 e. The third-order valence-corrected chi connectivity index (χ3v) is 12.2. The second-order valence-electron chi connectivity index (χ2n) is 15.8. The van der Waals surface area contributed by atoms with Crippen LogP contribution in [0, 0.1) is 5.92 Å². The quantitative estimate of drug-likeness (QED) is 0.113. The van der Waals surface area contributed by atoms with Crippen molar-refractivity contribution in [2.45, 2.75) is 75.5 Å². The second-order valence-corrected chi connectivity index (χ2v) is 17.8. The lowest BCUT2D eigenvalue weighted by molar-refractivity contribution is 0.538. The van der Waals surface area contributed by atoms with Crippen LogP contribution in [0.5, 0.6) is 0 Å². The van der Waals surface area contributed by atoms with E-state index in [0.717, 1.165) is 22.2 Å². The zero-order valence-corrected chi connectivity index (χ0v) is 33.0. The number of benzene rings is 6. The molecule has 2 aliphatic heterocycles. The Labute approximate surface area is 324 Å². The Balaban J connectivity index is 1.47. The number of fused-ring (bicyclic) bond motifs is 4. The molecule has 0 fully saturated rings. The second kappa shape index (κ2) is 14.2. The number of aryl methyl sites for hydroxylation is 1. The van der Waals surface area contributed by atoms with Gasteiger partial charge in [0.05, 0.1) is 5.69 Å². The predicted molar refractivity (Wildman–Crippen MR) is 228 cm³/mol. The average molecular weight is 737 g/mol. The topological polar surface area (TPSA) is 3.24 Å². The summed E-state index contributed by atoms with van der Waals surface area (Å²) in [7, 11) is 0. The van der Waals surface area contributed by atoms with E-state index >= 15 is 0 Å². The van der Waals surface area contributed by atoms with E-state index in [9.17, 15) is 0 Å². The van der Waals surface area contributed by atoms with Gasteiger partial charge in [-0.25, -0.2) is 0 Å². The van der Waals surface area contributed by atoms with Gasteiger partial charge in [-0.1, -0.05) is 161 Å². The number of halogens is 2. The molecule has 2 aliphatic rings. The highest BCUT2D eigenvalue weighted by Gasteiger charge is 2.42. The SMILES string of the molecule is CC(C)CCCCc1cc2c3c(c1)N(c1c(-c4ccccc4)cc(C(C)(C)C)cc1-c1ccccc1)c1cc(Cl)ccc1B3c1ccc(Cl)cc1S2. The Kier molecular flexibility index (Phi) is 9.58. The molecule has 260 valence electrons. The Morgan fingerprint density at radius 1 is 0.654 bits per heavy atom. The molecule has 0 atom stereocenters. The van der Waals surface area contributed by atoms with Gasteiger partial charge in [0.1, 0.15) is 0 Å². The molecule has 0 radical (unpaired) electrons. The molecule has 0 amide bonds. The Bertz CT molecular complexity index is 2220. The number of rotatable bonds is 8. The Morgan fingerprint density at radius 3 is 1.88 bits per heavy atom. The molecule has 0 aromatic heterocycles. The summed E-state index contributed by atoms with van der Waals surface area (Å²) in [6, 6.07) is 44.6. The maximum absolute atomic E-state index is 7.01. The van der Waals surface area contributed by atoms with E-state index in [4.69, 9.17) is 23.2 Å². The molecule has 1 nitrogen and oxygen atoms in total. The highest BCUT2D eigenvalue weighted by Crippen LogP contribution is 2.51. The molecule has 0 spiro atoms. The monoisotopic (exact) mass is 735 g/mol. The number of unbranched alkanes of at least 4 members (excludes halogenated alkanes) is 1. The zero-order chi connectivity index (χ0) is 36.1. The van der Waals surface area contributed by atoms with E-state index in [-0.39, 0.29) is 12.1 Å². The van der Waals surface area contributed by atoms with Gasteiger partial charge in [-0.2, -0.15) is 0 Å². The normalized spacial score (nSPS) is 13.2. The summed E-state index contributed by atoms with van der Waals surface area (Å²) in [5.41, 5.74) is 14.9. The summed E-state index contributed by atoms with van der Waals surface area (Å²) >= 11 is 15.5. The molecule has 5 heteroatoms. The highest BCUT2D eigenvalue weighted by atomic mass is 35.5. The summed E-state index contributed by atoms with van der Waals surface area (Å²) in [6.07, 6.45) is 4.68. The molecule has 0 aliphatic carbocycles. The van der Waals surface area contributed by atoms with Gasteiger partial charge < -0.3 is 4.90 Å². The molecule has 0 saturated heterocycles. The molecule has 0 saturated carbocycles. The van der Waals surface area contributed by atoms with Gasteiger partial charge in [0, 0.05) is 42.3 Å². The molecule has 6 aromatic carbocycles. The standard InChI is InChI=1S/C47H44BCl2NS/c1-30(2)14-12-13-15-31-24-42-45-44(25-31)52-43-29-36(50)21-23-40(43)48(45)39-22-20-35(49)28-41(39)51(42)46-37(32-16-8-6-9-17-32)26-34(47(3,4)5)27-38(46)33-18-10-7-11-19-33/h6-11,16-30H,12-15H2,1-5H3. The van der Waals surface area contributed by atoms with Gasteiger partial charge in [-0.15, -0.1) is 0 Å². The molecule has 8 rings (SSSR count). The number of nitrogens with zero attached hydrogens (tertiary/aromatic N) is 1. The summed E-state index contributed by atoms with van der Waals surface area (Å²) in [6.45, 7) is 11.6. The van der Waals surface area contributed by atoms with Crippen molar-refractivity contribution in [1.29, 1.82) is 0 Å². The maximum Gasteiger partial charge on any atom is 0.249 e. The molecular weight excluding hydrogens is 692 g/mol. The van der Waals surface area contributed by atoms with Gasteiger partial charge in [0.2, 0.25) is 6.71 Å². The van der Waals surface area contributed by atoms with Gasteiger partial charge in [-0.3, -0.25) is 0 Å². The first-order valence-electron chi connectivity index (χ1n) is 18.6. The van der Waals surface area contributed by atoms with Crippen LogP contribution in [0.15, 0.2) is 131 Å². The van der Waals surface area contributed by atoms with Crippen molar-refractivity contribution < 1.29 is 0 Å². The first-order chi connectivity index (χ1) is 25.1. The smallest absolute Gasteiger partial charge is 0.249 e. The van der Waals surface area contributed by atoms with Crippen molar-refractivity contribution in [3.05, 3.63) is 142 Å². The van der Waals surface area contributed by atoms with Crippen LogP contribution in [-0.4, -0.2) is 6.71 Å². The molecule has 2 heterocycles. The fourth-order valence-corrected chi connectivity index (χ4v) is 9.67. The fraction of sp³-hybridized carbons (Fsp3) is 0.234. The summed E-state index contributed by atoms with van der Waals surface area (Å²) in [5.74, 6) is 0.711. The first kappa shape index (κ1) is 35.2. The third-order valence-electron chi connectivity index (χ3n) is 10.6. The van der Waals surface area contributed by atoms with Crippen LogP contribution in [0.1, 0.15) is 65.0 Å².